The van der Waals surface area contributed by atoms with Gasteiger partial charge in [0.15, 0.2) is 6.61 Å². The van der Waals surface area contributed by atoms with Crippen molar-refractivity contribution >= 4 is 27.7 Å². The van der Waals surface area contributed by atoms with Crippen molar-refractivity contribution in [1.82, 2.24) is 9.62 Å². The number of nitrogens with zero attached hydrogens (tertiary/aromatic N) is 2. The average molecular weight is 433 g/mol. The van der Waals surface area contributed by atoms with E-state index in [2.05, 4.69) is 9.71 Å². The Bertz CT molecular complexity index is 1120. The fourth-order valence-electron chi connectivity index (χ4n) is 2.81. The Morgan fingerprint density at radius 1 is 1.17 bits per heavy atom. The number of halogens is 1. The van der Waals surface area contributed by atoms with Crippen LogP contribution in [0.4, 0.5) is 4.39 Å². The molecule has 0 saturated heterocycles. The Balaban J connectivity index is 1.59. The summed E-state index contributed by atoms with van der Waals surface area (Å²) in [5, 5.41) is 0. The van der Waals surface area contributed by atoms with Crippen LogP contribution in [0.3, 0.4) is 0 Å². The van der Waals surface area contributed by atoms with Crippen LogP contribution in [0.2, 0.25) is 0 Å². The summed E-state index contributed by atoms with van der Waals surface area (Å²) in [7, 11) is -2.25. The minimum absolute atomic E-state index is 0.0273. The van der Waals surface area contributed by atoms with Gasteiger partial charge in [0.05, 0.1) is 4.90 Å². The first-order valence-corrected chi connectivity index (χ1v) is 10.5. The zero-order chi connectivity index (χ0) is 21.9. The summed E-state index contributed by atoms with van der Waals surface area (Å²) in [4.78, 5) is 29.8. The maximum Gasteiger partial charge on any atom is 0.331 e. The van der Waals surface area contributed by atoms with Crippen molar-refractivity contribution in [1.29, 1.82) is 0 Å². The van der Waals surface area contributed by atoms with Crippen LogP contribution in [0.1, 0.15) is 18.1 Å². The lowest BCUT2D eigenvalue weighted by molar-refractivity contribution is -0.152. The highest BCUT2D eigenvalue weighted by Crippen LogP contribution is 2.22. The number of carbonyl (C=O) groups excluding carboxylic acids is 2. The summed E-state index contributed by atoms with van der Waals surface area (Å²) in [6.45, 7) is 0.916. The molecule has 30 heavy (non-hydrogen) atoms. The van der Waals surface area contributed by atoms with Crippen LogP contribution in [0.15, 0.2) is 58.4 Å². The Hall–Kier alpha value is -3.27. The van der Waals surface area contributed by atoms with Crippen molar-refractivity contribution < 1.29 is 27.1 Å². The van der Waals surface area contributed by atoms with E-state index in [-0.39, 0.29) is 17.3 Å². The highest BCUT2D eigenvalue weighted by molar-refractivity contribution is 7.90. The number of hydrogen-bond acceptors (Lipinski definition) is 6. The van der Waals surface area contributed by atoms with Gasteiger partial charge in [-0.15, -0.1) is 0 Å². The van der Waals surface area contributed by atoms with E-state index in [1.54, 1.807) is 36.4 Å². The number of benzene rings is 2. The van der Waals surface area contributed by atoms with E-state index in [1.807, 2.05) is 0 Å². The van der Waals surface area contributed by atoms with Crippen LogP contribution >= 0.6 is 0 Å². The summed E-state index contributed by atoms with van der Waals surface area (Å²) in [5.41, 5.74) is 0.699. The van der Waals surface area contributed by atoms with Crippen LogP contribution in [0, 0.1) is 5.82 Å². The second kappa shape index (κ2) is 8.62. The molecule has 2 aromatic carbocycles. The van der Waals surface area contributed by atoms with Gasteiger partial charge >= 0.3 is 5.97 Å². The SMILES string of the molecule is C[C@H](N=C1NS(=O)(=O)c2ccccc21)C(=O)OCC(=O)N(C)Cc1ccccc1F. The summed E-state index contributed by atoms with van der Waals surface area (Å²) >= 11 is 0. The molecule has 8 nitrogen and oxygen atoms in total. The van der Waals surface area contributed by atoms with E-state index in [0.717, 1.165) is 0 Å². The fourth-order valence-corrected chi connectivity index (χ4v) is 4.05. The number of carbonyl (C=O) groups is 2. The molecule has 0 bridgehead atoms. The molecule has 1 atom stereocenters. The van der Waals surface area contributed by atoms with E-state index in [9.17, 15) is 22.4 Å². The standard InChI is InChI=1S/C20H20FN3O5S/c1-13(22-19-15-8-4-6-10-17(15)30(27,28)23-19)20(26)29-12-18(25)24(2)11-14-7-3-5-9-16(14)21/h3-10,13H,11-12H2,1-2H3,(H,22,23)/t13-/m0/s1. The highest BCUT2D eigenvalue weighted by atomic mass is 32.2. The zero-order valence-electron chi connectivity index (χ0n) is 16.3. The number of hydrogen-bond donors (Lipinski definition) is 1. The number of rotatable bonds is 6. The molecule has 0 unspecified atom stereocenters. The normalized spacial score (nSPS) is 16.4. The second-order valence-corrected chi connectivity index (χ2v) is 8.36. The van der Waals surface area contributed by atoms with Crippen molar-refractivity contribution in [2.24, 2.45) is 4.99 Å². The van der Waals surface area contributed by atoms with Crippen molar-refractivity contribution in [3.8, 4) is 0 Å². The zero-order valence-corrected chi connectivity index (χ0v) is 17.1. The van der Waals surface area contributed by atoms with Gasteiger partial charge in [-0.3, -0.25) is 14.5 Å². The smallest absolute Gasteiger partial charge is 0.331 e. The van der Waals surface area contributed by atoms with Gasteiger partial charge in [-0.2, -0.15) is 0 Å². The quantitative estimate of drug-likeness (QED) is 0.695. The number of likely N-dealkylation sites (N-methyl/N-ethyl adjacent to an activating group) is 1. The monoisotopic (exact) mass is 433 g/mol. The lowest BCUT2D eigenvalue weighted by Gasteiger charge is -2.18. The van der Waals surface area contributed by atoms with Gasteiger partial charge < -0.3 is 9.64 Å². The number of esters is 1. The maximum absolute atomic E-state index is 13.7. The molecule has 0 saturated carbocycles. The van der Waals surface area contributed by atoms with Gasteiger partial charge in [0, 0.05) is 24.7 Å². The molecule has 2 aromatic rings. The summed E-state index contributed by atoms with van der Waals surface area (Å²) in [6.07, 6.45) is 0. The molecule has 1 heterocycles. The van der Waals surface area contributed by atoms with Crippen molar-refractivity contribution in [2.45, 2.75) is 24.4 Å². The van der Waals surface area contributed by atoms with Crippen LogP contribution in [0.25, 0.3) is 0 Å². The molecule has 0 fully saturated rings. The van der Waals surface area contributed by atoms with Crippen molar-refractivity contribution in [3.05, 3.63) is 65.5 Å². The van der Waals surface area contributed by atoms with Gasteiger partial charge in [0.2, 0.25) is 0 Å². The first kappa shape index (κ1) is 21.4. The number of amides is 1. The minimum atomic E-state index is -3.72. The fraction of sp³-hybridized carbons (Fsp3) is 0.250. The molecule has 0 radical (unpaired) electrons. The van der Waals surface area contributed by atoms with E-state index in [4.69, 9.17) is 4.74 Å². The number of aliphatic imine (C=N–C) groups is 1. The van der Waals surface area contributed by atoms with Crippen molar-refractivity contribution in [3.63, 3.8) is 0 Å². The molecule has 0 spiro atoms. The van der Waals surface area contributed by atoms with E-state index >= 15 is 0 Å². The molecule has 158 valence electrons. The molecule has 1 N–H and O–H groups in total. The van der Waals surface area contributed by atoms with Gasteiger partial charge in [-0.1, -0.05) is 30.3 Å². The maximum atomic E-state index is 13.7. The number of ether oxygens (including phenoxy) is 1. The Labute approximate surface area is 173 Å². The molecule has 1 amide bonds. The molecule has 3 rings (SSSR count). The topological polar surface area (TPSA) is 105 Å². The Morgan fingerprint density at radius 2 is 1.83 bits per heavy atom. The van der Waals surface area contributed by atoms with Crippen LogP contribution < -0.4 is 4.72 Å². The summed E-state index contributed by atoms with van der Waals surface area (Å²) in [5.74, 6) is -1.70. The predicted octanol–water partition coefficient (Wildman–Crippen LogP) is 1.45. The van der Waals surface area contributed by atoms with Gasteiger partial charge in [0.25, 0.3) is 15.9 Å². The highest BCUT2D eigenvalue weighted by Gasteiger charge is 2.31. The third kappa shape index (κ3) is 4.65. The van der Waals surface area contributed by atoms with E-state index in [0.29, 0.717) is 11.1 Å². The molecular formula is C20H20FN3O5S. The number of fused-ring (bicyclic) bond motifs is 1. The second-order valence-electron chi connectivity index (χ2n) is 6.70. The largest absolute Gasteiger partial charge is 0.454 e. The predicted molar refractivity (Wildman–Crippen MR) is 107 cm³/mol. The van der Waals surface area contributed by atoms with Gasteiger partial charge in [0.1, 0.15) is 17.7 Å². The molecule has 1 aliphatic rings. The van der Waals surface area contributed by atoms with E-state index in [1.165, 1.54) is 31.0 Å². The molecular weight excluding hydrogens is 413 g/mol. The average Bonchev–Trinajstić information content (AvgIpc) is 2.97. The first-order chi connectivity index (χ1) is 14.2. The third-order valence-electron chi connectivity index (χ3n) is 4.46. The van der Waals surface area contributed by atoms with Crippen LogP contribution in [-0.4, -0.2) is 50.7 Å². The molecule has 0 aliphatic carbocycles. The number of amidine groups is 1. The Morgan fingerprint density at radius 3 is 2.57 bits per heavy atom. The number of sulfonamides is 1. The first-order valence-electron chi connectivity index (χ1n) is 9.03. The summed E-state index contributed by atoms with van der Waals surface area (Å²) in [6, 6.07) is 11.3. The third-order valence-corrected chi connectivity index (χ3v) is 5.85. The number of nitrogens with one attached hydrogen (secondary N) is 1. The van der Waals surface area contributed by atoms with E-state index < -0.39 is 40.4 Å². The molecule has 0 aromatic heterocycles. The van der Waals surface area contributed by atoms with Crippen LogP contribution in [-0.2, 0) is 30.9 Å². The lowest BCUT2D eigenvalue weighted by atomic mass is 10.2. The Kier molecular flexibility index (Phi) is 6.16. The van der Waals surface area contributed by atoms with Gasteiger partial charge in [-0.25, -0.2) is 17.6 Å². The summed E-state index contributed by atoms with van der Waals surface area (Å²) < 4.78 is 45.2. The lowest BCUT2D eigenvalue weighted by Crippen LogP contribution is -2.33. The van der Waals surface area contributed by atoms with Crippen LogP contribution in [0.5, 0.6) is 0 Å². The molecule has 10 heteroatoms. The van der Waals surface area contributed by atoms with Crippen molar-refractivity contribution in [2.75, 3.05) is 13.7 Å². The molecule has 1 aliphatic heterocycles. The van der Waals surface area contributed by atoms with Gasteiger partial charge in [-0.05, 0) is 25.1 Å². The minimum Gasteiger partial charge on any atom is -0.454 e.